The van der Waals surface area contributed by atoms with Gasteiger partial charge in [-0.25, -0.2) is 0 Å². The molecule has 0 saturated carbocycles. The van der Waals surface area contributed by atoms with Gasteiger partial charge in [0.2, 0.25) is 5.91 Å². The van der Waals surface area contributed by atoms with Crippen LogP contribution < -0.4 is 15.4 Å². The number of nitrogens with zero attached hydrogens (tertiary/aromatic N) is 1. The number of methoxy groups -OCH3 is 1. The Bertz CT molecular complexity index is 453. The van der Waals surface area contributed by atoms with Crippen LogP contribution in [0.3, 0.4) is 0 Å². The maximum Gasteiger partial charge on any atom is 0.225 e. The summed E-state index contributed by atoms with van der Waals surface area (Å²) in [6.07, 6.45) is 1.51. The highest BCUT2D eigenvalue weighted by Gasteiger charge is 2.05. The van der Waals surface area contributed by atoms with Crippen molar-refractivity contribution in [3.8, 4) is 5.75 Å². The summed E-state index contributed by atoms with van der Waals surface area (Å²) < 4.78 is 5.07. The van der Waals surface area contributed by atoms with Crippen LogP contribution in [-0.4, -0.2) is 51.6 Å². The first-order valence-corrected chi connectivity index (χ1v) is 7.39. The lowest BCUT2D eigenvalue weighted by atomic mass is 10.3. The van der Waals surface area contributed by atoms with Crippen molar-refractivity contribution >= 4 is 23.2 Å². The summed E-state index contributed by atoms with van der Waals surface area (Å²) in [6, 6.07) is 5.19. The van der Waals surface area contributed by atoms with Crippen molar-refractivity contribution < 1.29 is 9.53 Å². The Hall–Kier alpha value is -1.30. The first kappa shape index (κ1) is 17.8. The molecule has 1 amide bonds. The van der Waals surface area contributed by atoms with Crippen molar-refractivity contribution in [1.82, 2.24) is 10.2 Å². The lowest BCUT2D eigenvalue weighted by molar-refractivity contribution is -0.116. The average molecular weight is 314 g/mol. The largest absolute Gasteiger partial charge is 0.495 e. The molecule has 0 fully saturated rings. The fourth-order valence-electron chi connectivity index (χ4n) is 1.81. The molecule has 0 heterocycles. The highest BCUT2D eigenvalue weighted by atomic mass is 35.5. The number of carbonyl (C=O) groups excluding carboxylic acids is 1. The summed E-state index contributed by atoms with van der Waals surface area (Å²) in [5.74, 6) is 0.563. The van der Waals surface area contributed by atoms with Crippen LogP contribution in [0.1, 0.15) is 12.8 Å². The number of rotatable bonds is 9. The van der Waals surface area contributed by atoms with Gasteiger partial charge in [0.15, 0.2) is 0 Å². The molecule has 1 aromatic rings. The van der Waals surface area contributed by atoms with Crippen molar-refractivity contribution in [2.24, 2.45) is 0 Å². The zero-order chi connectivity index (χ0) is 15.7. The van der Waals surface area contributed by atoms with Crippen LogP contribution in [0.15, 0.2) is 18.2 Å². The van der Waals surface area contributed by atoms with E-state index in [2.05, 4.69) is 15.5 Å². The molecule has 118 valence electrons. The molecule has 0 bridgehead atoms. The normalized spacial score (nSPS) is 10.7. The number of anilines is 1. The van der Waals surface area contributed by atoms with E-state index in [9.17, 15) is 4.79 Å². The summed E-state index contributed by atoms with van der Waals surface area (Å²) in [6.45, 7) is 2.63. The molecule has 0 aliphatic carbocycles. The Morgan fingerprint density at radius 2 is 2.10 bits per heavy atom. The number of amides is 1. The standard InChI is InChI=1S/C15H24ClN3O2/c1-19(2)10-4-8-17-9-7-15(20)18-12-5-6-14(21-3)13(16)11-12/h5-6,11,17H,4,7-10H2,1-3H3,(H,18,20). The second-order valence-electron chi connectivity index (χ2n) is 5.05. The van der Waals surface area contributed by atoms with E-state index in [-0.39, 0.29) is 5.91 Å². The number of halogens is 1. The smallest absolute Gasteiger partial charge is 0.225 e. The van der Waals surface area contributed by atoms with Gasteiger partial charge in [-0.3, -0.25) is 4.79 Å². The Morgan fingerprint density at radius 3 is 2.71 bits per heavy atom. The fourth-order valence-corrected chi connectivity index (χ4v) is 2.07. The van der Waals surface area contributed by atoms with E-state index in [1.165, 1.54) is 0 Å². The molecular weight excluding hydrogens is 290 g/mol. The van der Waals surface area contributed by atoms with Crippen LogP contribution in [0, 0.1) is 0 Å². The second-order valence-corrected chi connectivity index (χ2v) is 5.46. The molecule has 2 N–H and O–H groups in total. The molecule has 6 heteroatoms. The van der Waals surface area contributed by atoms with E-state index in [4.69, 9.17) is 16.3 Å². The molecule has 1 rings (SSSR count). The van der Waals surface area contributed by atoms with Crippen LogP contribution in [0.4, 0.5) is 5.69 Å². The summed E-state index contributed by atoms with van der Waals surface area (Å²) in [5, 5.41) is 6.55. The molecule has 0 aromatic heterocycles. The molecule has 0 aliphatic heterocycles. The third kappa shape index (κ3) is 7.32. The highest BCUT2D eigenvalue weighted by Crippen LogP contribution is 2.27. The third-order valence-corrected chi connectivity index (χ3v) is 3.22. The van der Waals surface area contributed by atoms with E-state index in [1.54, 1.807) is 25.3 Å². The molecule has 0 spiro atoms. The Balaban J connectivity index is 2.23. The van der Waals surface area contributed by atoms with Gasteiger partial charge >= 0.3 is 0 Å². The summed E-state index contributed by atoms with van der Waals surface area (Å²) in [4.78, 5) is 13.9. The minimum absolute atomic E-state index is 0.0312. The van der Waals surface area contributed by atoms with Gasteiger partial charge in [-0.1, -0.05) is 11.6 Å². The highest BCUT2D eigenvalue weighted by molar-refractivity contribution is 6.32. The molecule has 0 saturated heterocycles. The van der Waals surface area contributed by atoms with Gasteiger partial charge in [0.25, 0.3) is 0 Å². The average Bonchev–Trinajstić information content (AvgIpc) is 2.42. The molecular formula is C15H24ClN3O2. The number of hydrogen-bond donors (Lipinski definition) is 2. The topological polar surface area (TPSA) is 53.6 Å². The maximum absolute atomic E-state index is 11.8. The van der Waals surface area contributed by atoms with Crippen molar-refractivity contribution in [2.75, 3.05) is 46.2 Å². The molecule has 0 radical (unpaired) electrons. The first-order valence-electron chi connectivity index (χ1n) is 7.01. The van der Waals surface area contributed by atoms with Gasteiger partial charge in [0.05, 0.1) is 12.1 Å². The number of ether oxygens (including phenoxy) is 1. The van der Waals surface area contributed by atoms with E-state index < -0.39 is 0 Å². The first-order chi connectivity index (χ1) is 10.0. The Morgan fingerprint density at radius 1 is 1.33 bits per heavy atom. The predicted molar refractivity (Wildman–Crippen MR) is 87.3 cm³/mol. The van der Waals surface area contributed by atoms with Gasteiger partial charge in [-0.05, 0) is 51.8 Å². The SMILES string of the molecule is COc1ccc(NC(=O)CCNCCCN(C)C)cc1Cl. The second kappa shape index (κ2) is 9.60. The molecule has 0 aliphatic rings. The van der Waals surface area contributed by atoms with Crippen LogP contribution >= 0.6 is 11.6 Å². The monoisotopic (exact) mass is 313 g/mol. The molecule has 1 aromatic carbocycles. The van der Waals surface area contributed by atoms with Crippen molar-refractivity contribution in [3.05, 3.63) is 23.2 Å². The molecule has 0 atom stereocenters. The Kier molecular flexibility index (Phi) is 8.12. The number of nitrogens with one attached hydrogen (secondary N) is 2. The van der Waals surface area contributed by atoms with Crippen LogP contribution in [0.5, 0.6) is 5.75 Å². The summed E-state index contributed by atoms with van der Waals surface area (Å²) in [5.41, 5.74) is 0.679. The number of hydrogen-bond acceptors (Lipinski definition) is 4. The molecule has 5 nitrogen and oxygen atoms in total. The summed E-state index contributed by atoms with van der Waals surface area (Å²) in [7, 11) is 5.66. The van der Waals surface area contributed by atoms with Crippen LogP contribution in [0.25, 0.3) is 0 Å². The molecule has 21 heavy (non-hydrogen) atoms. The number of carbonyl (C=O) groups is 1. The minimum atomic E-state index is -0.0312. The quantitative estimate of drug-likeness (QED) is 0.686. The minimum Gasteiger partial charge on any atom is -0.495 e. The van der Waals surface area contributed by atoms with Crippen LogP contribution in [-0.2, 0) is 4.79 Å². The zero-order valence-electron chi connectivity index (χ0n) is 12.9. The van der Waals surface area contributed by atoms with Crippen molar-refractivity contribution in [1.29, 1.82) is 0 Å². The van der Waals surface area contributed by atoms with Gasteiger partial charge in [0.1, 0.15) is 5.75 Å². The van der Waals surface area contributed by atoms with Gasteiger partial charge in [0, 0.05) is 18.7 Å². The van der Waals surface area contributed by atoms with Gasteiger partial charge in [-0.15, -0.1) is 0 Å². The van der Waals surface area contributed by atoms with Crippen molar-refractivity contribution in [2.45, 2.75) is 12.8 Å². The number of benzene rings is 1. The predicted octanol–water partition coefficient (Wildman–Crippen LogP) is 2.22. The van der Waals surface area contributed by atoms with E-state index in [0.29, 0.717) is 29.4 Å². The van der Waals surface area contributed by atoms with Gasteiger partial charge in [-0.2, -0.15) is 0 Å². The lowest BCUT2D eigenvalue weighted by Gasteiger charge is -2.10. The maximum atomic E-state index is 11.8. The third-order valence-electron chi connectivity index (χ3n) is 2.92. The van der Waals surface area contributed by atoms with E-state index >= 15 is 0 Å². The van der Waals surface area contributed by atoms with E-state index in [1.807, 2.05) is 14.1 Å². The van der Waals surface area contributed by atoms with Gasteiger partial charge < -0.3 is 20.3 Å². The Labute approximate surface area is 131 Å². The lowest BCUT2D eigenvalue weighted by Crippen LogP contribution is -2.25. The molecule has 0 unspecified atom stereocenters. The summed E-state index contributed by atoms with van der Waals surface area (Å²) >= 11 is 6.01. The fraction of sp³-hybridized carbons (Fsp3) is 0.533. The van der Waals surface area contributed by atoms with E-state index in [0.717, 1.165) is 19.5 Å². The van der Waals surface area contributed by atoms with Crippen molar-refractivity contribution in [3.63, 3.8) is 0 Å². The zero-order valence-corrected chi connectivity index (χ0v) is 13.7. The van der Waals surface area contributed by atoms with Crippen LogP contribution in [0.2, 0.25) is 5.02 Å².